The summed E-state index contributed by atoms with van der Waals surface area (Å²) in [5.74, 6) is 0. The third-order valence-electron chi connectivity index (χ3n) is 4.34. The van der Waals surface area contributed by atoms with E-state index in [2.05, 4.69) is 31.9 Å². The summed E-state index contributed by atoms with van der Waals surface area (Å²) in [5.41, 5.74) is 1.08. The monoisotopic (exact) mass is 264 g/mol. The van der Waals surface area contributed by atoms with Gasteiger partial charge in [0, 0.05) is 65.1 Å². The summed E-state index contributed by atoms with van der Waals surface area (Å²) < 4.78 is 1.77. The van der Waals surface area contributed by atoms with Crippen molar-refractivity contribution in [3.63, 3.8) is 0 Å². The van der Waals surface area contributed by atoms with Crippen LogP contribution in [-0.2, 0) is 13.6 Å². The van der Waals surface area contributed by atoms with Crippen LogP contribution in [0.2, 0.25) is 0 Å². The first-order valence-corrected chi connectivity index (χ1v) is 7.28. The molecule has 2 aliphatic rings. The quantitative estimate of drug-likeness (QED) is 0.742. The Morgan fingerprint density at radius 1 is 1.16 bits per heavy atom. The highest BCUT2D eigenvalue weighted by molar-refractivity contribution is 4.97. The number of piperazine rings is 1. The normalized spacial score (nSPS) is 23.7. The fourth-order valence-electron chi connectivity index (χ4n) is 3.04. The van der Waals surface area contributed by atoms with E-state index in [1.165, 1.54) is 45.8 Å². The van der Waals surface area contributed by atoms with E-state index in [4.69, 9.17) is 0 Å². The molecule has 0 bridgehead atoms. The molecule has 6 heteroatoms. The van der Waals surface area contributed by atoms with Gasteiger partial charge in [-0.1, -0.05) is 12.1 Å². The highest BCUT2D eigenvalue weighted by Crippen LogP contribution is 2.18. The lowest BCUT2D eigenvalue weighted by atomic mass is 10.1. The summed E-state index contributed by atoms with van der Waals surface area (Å²) in [6.07, 6.45) is 2.01. The van der Waals surface area contributed by atoms with Gasteiger partial charge in [0.15, 0.2) is 0 Å². The molecule has 0 aromatic carbocycles. The topological polar surface area (TPSA) is 40.4 Å². The first-order valence-electron chi connectivity index (χ1n) is 7.28. The molecule has 19 heavy (non-hydrogen) atoms. The third-order valence-corrected chi connectivity index (χ3v) is 4.34. The molecule has 6 nitrogen and oxygen atoms in total. The summed E-state index contributed by atoms with van der Waals surface area (Å²) in [5, 5.41) is 8.13. The van der Waals surface area contributed by atoms with Crippen molar-refractivity contribution in [2.24, 2.45) is 7.05 Å². The van der Waals surface area contributed by atoms with Gasteiger partial charge in [0.25, 0.3) is 0 Å². The Labute approximate surface area is 115 Å². The second kappa shape index (κ2) is 5.56. The largest absolute Gasteiger partial charge is 0.301 e. The molecule has 0 amide bonds. The summed E-state index contributed by atoms with van der Waals surface area (Å²) in [6.45, 7) is 11.7. The maximum atomic E-state index is 4.15. The fraction of sp³-hybridized carbons (Fsp3) is 0.846. The molecule has 1 aromatic heterocycles. The van der Waals surface area contributed by atoms with Crippen molar-refractivity contribution in [2.45, 2.75) is 19.5 Å². The van der Waals surface area contributed by atoms with Gasteiger partial charge in [-0.2, -0.15) is 0 Å². The van der Waals surface area contributed by atoms with Crippen LogP contribution < -0.4 is 0 Å². The molecule has 3 heterocycles. The minimum Gasteiger partial charge on any atom is -0.301 e. The predicted octanol–water partition coefficient (Wildman–Crippen LogP) is -0.363. The Morgan fingerprint density at radius 3 is 2.47 bits per heavy atom. The molecule has 106 valence electrons. The molecular weight excluding hydrogens is 240 g/mol. The molecule has 0 radical (unpaired) electrons. The molecule has 0 unspecified atom stereocenters. The third kappa shape index (κ3) is 2.96. The van der Waals surface area contributed by atoms with Crippen LogP contribution in [0.3, 0.4) is 0 Å². The van der Waals surface area contributed by atoms with Gasteiger partial charge in [0.2, 0.25) is 0 Å². The molecule has 0 spiro atoms. The van der Waals surface area contributed by atoms with Gasteiger partial charge in [-0.3, -0.25) is 14.5 Å². The van der Waals surface area contributed by atoms with Gasteiger partial charge >= 0.3 is 0 Å². The SMILES string of the molecule is CCN1CCN(C2CN(Cc3cn(C)nn3)C2)CC1. The van der Waals surface area contributed by atoms with Crippen LogP contribution in [0.1, 0.15) is 12.6 Å². The zero-order valence-corrected chi connectivity index (χ0v) is 12.0. The van der Waals surface area contributed by atoms with Crippen molar-refractivity contribution >= 4 is 0 Å². The van der Waals surface area contributed by atoms with E-state index in [1.54, 1.807) is 4.68 Å². The van der Waals surface area contributed by atoms with E-state index < -0.39 is 0 Å². The van der Waals surface area contributed by atoms with E-state index in [0.29, 0.717) is 0 Å². The summed E-state index contributed by atoms with van der Waals surface area (Å²) >= 11 is 0. The number of aryl methyl sites for hydroxylation is 1. The minimum absolute atomic E-state index is 0.760. The van der Waals surface area contributed by atoms with E-state index in [9.17, 15) is 0 Å². The first-order chi connectivity index (χ1) is 9.24. The molecule has 1 aromatic rings. The van der Waals surface area contributed by atoms with E-state index >= 15 is 0 Å². The Balaban J connectivity index is 1.41. The molecule has 0 aliphatic carbocycles. The molecule has 2 fully saturated rings. The Kier molecular flexibility index (Phi) is 3.81. The van der Waals surface area contributed by atoms with Crippen LogP contribution in [0.15, 0.2) is 6.20 Å². The van der Waals surface area contributed by atoms with Crippen LogP contribution in [-0.4, -0.2) is 81.5 Å². The number of hydrogen-bond acceptors (Lipinski definition) is 5. The molecule has 0 N–H and O–H groups in total. The lowest BCUT2D eigenvalue weighted by Gasteiger charge is -2.48. The molecule has 2 aliphatic heterocycles. The van der Waals surface area contributed by atoms with Crippen LogP contribution in [0, 0.1) is 0 Å². The Bertz CT molecular complexity index is 403. The zero-order chi connectivity index (χ0) is 13.2. The van der Waals surface area contributed by atoms with Gasteiger partial charge in [-0.05, 0) is 6.54 Å². The minimum atomic E-state index is 0.760. The average molecular weight is 264 g/mol. The van der Waals surface area contributed by atoms with E-state index in [0.717, 1.165) is 18.3 Å². The summed E-state index contributed by atoms with van der Waals surface area (Å²) in [6, 6.07) is 0.760. The van der Waals surface area contributed by atoms with E-state index in [-0.39, 0.29) is 0 Å². The molecule has 3 rings (SSSR count). The zero-order valence-electron chi connectivity index (χ0n) is 12.0. The average Bonchev–Trinajstić information content (AvgIpc) is 2.79. The fourth-order valence-corrected chi connectivity index (χ4v) is 3.04. The van der Waals surface area contributed by atoms with Crippen LogP contribution >= 0.6 is 0 Å². The number of aromatic nitrogens is 3. The number of hydrogen-bond donors (Lipinski definition) is 0. The van der Waals surface area contributed by atoms with Crippen molar-refractivity contribution in [1.82, 2.24) is 29.7 Å². The lowest BCUT2D eigenvalue weighted by molar-refractivity contribution is 0.00157. The molecule has 0 atom stereocenters. The van der Waals surface area contributed by atoms with Crippen LogP contribution in [0.25, 0.3) is 0 Å². The second-order valence-electron chi connectivity index (χ2n) is 5.70. The highest BCUT2D eigenvalue weighted by Gasteiger charge is 2.33. The first kappa shape index (κ1) is 13.0. The summed E-state index contributed by atoms with van der Waals surface area (Å²) in [4.78, 5) is 7.65. The standard InChI is InChI=1S/C13H24N6/c1-3-17-4-6-19(7-5-17)13-10-18(11-13)9-12-8-16(2)15-14-12/h8,13H,3-7,9-11H2,1-2H3. The van der Waals surface area contributed by atoms with Gasteiger partial charge in [-0.15, -0.1) is 5.10 Å². The molecular formula is C13H24N6. The Hall–Kier alpha value is -0.980. The number of likely N-dealkylation sites (tertiary alicyclic amines) is 1. The smallest absolute Gasteiger partial charge is 0.0967 e. The van der Waals surface area contributed by atoms with Crippen molar-refractivity contribution in [2.75, 3.05) is 45.8 Å². The van der Waals surface area contributed by atoms with Crippen LogP contribution in [0.4, 0.5) is 0 Å². The van der Waals surface area contributed by atoms with Gasteiger partial charge in [-0.25, -0.2) is 0 Å². The number of likely N-dealkylation sites (N-methyl/N-ethyl adjacent to an activating group) is 1. The molecule has 0 saturated carbocycles. The summed E-state index contributed by atoms with van der Waals surface area (Å²) in [7, 11) is 1.92. The maximum Gasteiger partial charge on any atom is 0.0967 e. The van der Waals surface area contributed by atoms with Gasteiger partial charge in [0.05, 0.1) is 5.69 Å². The maximum absolute atomic E-state index is 4.15. The predicted molar refractivity (Wildman–Crippen MR) is 73.8 cm³/mol. The second-order valence-corrected chi connectivity index (χ2v) is 5.70. The van der Waals surface area contributed by atoms with E-state index in [1.807, 2.05) is 13.2 Å². The highest BCUT2D eigenvalue weighted by atomic mass is 15.4. The van der Waals surface area contributed by atoms with Crippen molar-refractivity contribution in [3.8, 4) is 0 Å². The number of nitrogens with zero attached hydrogens (tertiary/aromatic N) is 6. The van der Waals surface area contributed by atoms with Crippen molar-refractivity contribution in [1.29, 1.82) is 0 Å². The van der Waals surface area contributed by atoms with Crippen molar-refractivity contribution in [3.05, 3.63) is 11.9 Å². The number of rotatable bonds is 4. The molecule has 2 saturated heterocycles. The van der Waals surface area contributed by atoms with Crippen molar-refractivity contribution < 1.29 is 0 Å². The Morgan fingerprint density at radius 2 is 1.89 bits per heavy atom. The lowest BCUT2D eigenvalue weighted by Crippen LogP contribution is -2.62. The van der Waals surface area contributed by atoms with Crippen LogP contribution in [0.5, 0.6) is 0 Å². The van der Waals surface area contributed by atoms with Gasteiger partial charge in [0.1, 0.15) is 0 Å². The van der Waals surface area contributed by atoms with Gasteiger partial charge < -0.3 is 4.90 Å².